The maximum absolute atomic E-state index is 14.1. The number of nitrogens with one attached hydrogen (secondary N) is 1. The van der Waals surface area contributed by atoms with Crippen LogP contribution >= 0.6 is 22.9 Å². The van der Waals surface area contributed by atoms with Crippen LogP contribution in [0, 0.1) is 30.1 Å². The van der Waals surface area contributed by atoms with E-state index in [9.17, 15) is 32.0 Å². The minimum absolute atomic E-state index is 0.00272. The van der Waals surface area contributed by atoms with Gasteiger partial charge in [-0.3, -0.25) is 29.0 Å². The van der Waals surface area contributed by atoms with Gasteiger partial charge in [0.15, 0.2) is 0 Å². The SMILES string of the molecule is Cc1nc2cnc(N(C)C3CCN(C4CC(F)(F)C4)CC3)c(C#N)c2c(=O)n1CC#Cc1ccc(Cl)cc1-c1ccnc2c(C(=O)NS(=O)(=O)c3cccnc3)csc12. The van der Waals surface area contributed by atoms with Gasteiger partial charge in [-0.1, -0.05) is 23.4 Å². The zero-order valence-electron chi connectivity index (χ0n) is 31.6. The standard InChI is InChI=1S/C41H34ClF2N9O4S2/c1-24-49-34-22-48-38(51(2)27-10-15-52(16-11-27)28-18-41(43,44)19-28)32(20-45)35(34)40(55)53(24)14-4-5-25-7-8-26(42)17-31(25)30-9-13-47-36-33(23-58-37(30)36)39(54)50-59(56,57)29-6-3-12-46-21-29/h3,6-9,12-13,17,21-23,27-28H,10-11,14-16,18-19H2,1-2H3,(H,50,54). The molecule has 0 unspecified atom stereocenters. The summed E-state index contributed by atoms with van der Waals surface area (Å²) in [6, 6.07) is 11.7. The fourth-order valence-electron chi connectivity index (χ4n) is 7.68. The molecule has 8 rings (SSSR count). The van der Waals surface area contributed by atoms with Gasteiger partial charge in [-0.2, -0.15) is 5.26 Å². The van der Waals surface area contributed by atoms with E-state index >= 15 is 0 Å². The Hall–Kier alpha value is -5.85. The number of piperidine rings is 1. The fourth-order valence-corrected chi connectivity index (χ4v) is 9.81. The number of hydrogen-bond acceptors (Lipinski definition) is 12. The molecule has 0 spiro atoms. The first-order chi connectivity index (χ1) is 28.2. The average Bonchev–Trinajstić information content (AvgIpc) is 3.66. The number of nitriles is 1. The van der Waals surface area contributed by atoms with Crippen LogP contribution in [-0.4, -0.2) is 81.9 Å². The minimum atomic E-state index is -4.19. The Balaban J connectivity index is 1.06. The van der Waals surface area contributed by atoms with E-state index in [1.165, 1.54) is 52.0 Å². The lowest BCUT2D eigenvalue weighted by atomic mass is 9.85. The Bertz CT molecular complexity index is 2930. The highest BCUT2D eigenvalue weighted by molar-refractivity contribution is 7.90. The third-order valence-electron chi connectivity index (χ3n) is 10.9. The third-order valence-corrected chi connectivity index (χ3v) is 13.4. The van der Waals surface area contributed by atoms with E-state index in [0.717, 1.165) is 6.20 Å². The molecule has 0 bridgehead atoms. The smallest absolute Gasteiger partial charge is 0.268 e. The molecule has 6 aromatic rings. The van der Waals surface area contributed by atoms with Gasteiger partial charge in [0.05, 0.1) is 39.4 Å². The van der Waals surface area contributed by atoms with Gasteiger partial charge in [0, 0.05) is 90.7 Å². The molecule has 1 aliphatic carbocycles. The summed E-state index contributed by atoms with van der Waals surface area (Å²) < 4.78 is 56.8. The number of aryl methyl sites for hydroxylation is 1. The molecule has 0 atom stereocenters. The van der Waals surface area contributed by atoms with Gasteiger partial charge >= 0.3 is 0 Å². The summed E-state index contributed by atoms with van der Waals surface area (Å²) >= 11 is 7.68. The molecule has 300 valence electrons. The fraction of sp³-hybridized carbons (Fsp3) is 0.293. The zero-order chi connectivity index (χ0) is 41.6. The number of amides is 1. The predicted octanol–water partition coefficient (Wildman–Crippen LogP) is 6.17. The van der Waals surface area contributed by atoms with Crippen molar-refractivity contribution in [3.05, 3.63) is 104 Å². The van der Waals surface area contributed by atoms with Crippen molar-refractivity contribution >= 4 is 65.8 Å². The number of carbonyl (C=O) groups is 1. The number of rotatable bonds is 8. The van der Waals surface area contributed by atoms with Crippen molar-refractivity contribution in [2.75, 3.05) is 25.0 Å². The number of likely N-dealkylation sites (tertiary alicyclic amines) is 1. The number of anilines is 1. The molecular weight excluding hydrogens is 820 g/mol. The summed E-state index contributed by atoms with van der Waals surface area (Å²) in [6.07, 6.45) is 6.75. The summed E-state index contributed by atoms with van der Waals surface area (Å²) in [4.78, 5) is 48.6. The molecule has 1 aromatic carbocycles. The maximum Gasteiger partial charge on any atom is 0.268 e. The van der Waals surface area contributed by atoms with E-state index in [1.54, 1.807) is 31.2 Å². The molecule has 6 heterocycles. The molecule has 13 nitrogen and oxygen atoms in total. The normalized spacial score (nSPS) is 15.9. The first-order valence-corrected chi connectivity index (χ1v) is 21.3. The van der Waals surface area contributed by atoms with Crippen LogP contribution in [0.5, 0.6) is 0 Å². The molecule has 5 aromatic heterocycles. The third kappa shape index (κ3) is 7.74. The number of aromatic nitrogens is 5. The summed E-state index contributed by atoms with van der Waals surface area (Å²) in [6.45, 7) is 2.93. The van der Waals surface area contributed by atoms with Crippen LogP contribution < -0.4 is 15.2 Å². The Morgan fingerprint density at radius 3 is 2.61 bits per heavy atom. The van der Waals surface area contributed by atoms with Gasteiger partial charge in [0.1, 0.15) is 28.2 Å². The number of pyridine rings is 3. The molecule has 0 radical (unpaired) electrons. The Kier molecular flexibility index (Phi) is 10.6. The molecule has 1 saturated heterocycles. The highest BCUT2D eigenvalue weighted by Crippen LogP contribution is 2.42. The monoisotopic (exact) mass is 853 g/mol. The van der Waals surface area contributed by atoms with Gasteiger partial charge in [-0.25, -0.2) is 31.9 Å². The summed E-state index contributed by atoms with van der Waals surface area (Å²) in [5.41, 5.74) is 2.13. The van der Waals surface area contributed by atoms with E-state index < -0.39 is 27.4 Å². The van der Waals surface area contributed by atoms with Gasteiger partial charge in [-0.05, 0) is 56.2 Å². The largest absolute Gasteiger partial charge is 0.355 e. The van der Waals surface area contributed by atoms with E-state index in [4.69, 9.17) is 11.6 Å². The second-order valence-electron chi connectivity index (χ2n) is 14.5. The van der Waals surface area contributed by atoms with Crippen LogP contribution in [-0.2, 0) is 16.6 Å². The van der Waals surface area contributed by atoms with Crippen molar-refractivity contribution in [2.24, 2.45) is 0 Å². The van der Waals surface area contributed by atoms with Crippen molar-refractivity contribution < 1.29 is 22.0 Å². The number of fused-ring (bicyclic) bond motifs is 2. The molecule has 18 heteroatoms. The number of benzene rings is 1. The van der Waals surface area contributed by atoms with E-state index in [-0.39, 0.29) is 63.9 Å². The number of carbonyl (C=O) groups excluding carboxylic acids is 1. The van der Waals surface area contributed by atoms with Crippen molar-refractivity contribution in [1.82, 2.24) is 34.1 Å². The topological polar surface area (TPSA) is 167 Å². The second kappa shape index (κ2) is 15.7. The Morgan fingerprint density at radius 2 is 1.90 bits per heavy atom. The summed E-state index contributed by atoms with van der Waals surface area (Å²) in [5.74, 6) is 3.53. The number of hydrogen-bond donors (Lipinski definition) is 1. The van der Waals surface area contributed by atoms with Gasteiger partial charge in [0.2, 0.25) is 0 Å². The van der Waals surface area contributed by atoms with Crippen LogP contribution in [0.1, 0.15) is 53.0 Å². The molecule has 1 saturated carbocycles. The average molecular weight is 854 g/mol. The van der Waals surface area contributed by atoms with Crippen LogP contribution in [0.2, 0.25) is 5.02 Å². The second-order valence-corrected chi connectivity index (χ2v) is 17.5. The van der Waals surface area contributed by atoms with Gasteiger partial charge < -0.3 is 4.90 Å². The first kappa shape index (κ1) is 40.0. The van der Waals surface area contributed by atoms with E-state index in [1.807, 2.05) is 11.9 Å². The lowest BCUT2D eigenvalue weighted by molar-refractivity contribution is -0.127. The van der Waals surface area contributed by atoms with Crippen molar-refractivity contribution in [3.63, 3.8) is 0 Å². The van der Waals surface area contributed by atoms with Crippen LogP contribution in [0.15, 0.2) is 76.3 Å². The summed E-state index contributed by atoms with van der Waals surface area (Å²) in [7, 11) is -2.36. The lowest BCUT2D eigenvalue weighted by Gasteiger charge is -2.46. The highest BCUT2D eigenvalue weighted by Gasteiger charge is 2.48. The molecule has 1 N–H and O–H groups in total. The number of sulfonamides is 1. The maximum atomic E-state index is 14.1. The van der Waals surface area contributed by atoms with Crippen molar-refractivity contribution in [2.45, 2.75) is 62.1 Å². The molecule has 1 amide bonds. The quantitative estimate of drug-likeness (QED) is 0.174. The highest BCUT2D eigenvalue weighted by atomic mass is 35.5. The molecule has 2 aliphatic rings. The Morgan fingerprint density at radius 1 is 1.12 bits per heavy atom. The molecule has 1 aliphatic heterocycles. The Labute approximate surface area is 346 Å². The van der Waals surface area contributed by atoms with Crippen molar-refractivity contribution in [1.29, 1.82) is 5.26 Å². The van der Waals surface area contributed by atoms with Gasteiger partial charge in [-0.15, -0.1) is 11.3 Å². The lowest BCUT2D eigenvalue weighted by Crippen LogP contribution is -2.55. The van der Waals surface area contributed by atoms with Crippen molar-refractivity contribution in [3.8, 4) is 29.0 Å². The molecule has 2 fully saturated rings. The first-order valence-electron chi connectivity index (χ1n) is 18.5. The number of nitrogens with zero attached hydrogens (tertiary/aromatic N) is 8. The van der Waals surface area contributed by atoms with E-state index in [0.29, 0.717) is 64.0 Å². The number of halogens is 3. The molecule has 59 heavy (non-hydrogen) atoms. The summed E-state index contributed by atoms with van der Waals surface area (Å²) in [5, 5.41) is 12.5. The molecular formula is C41H34ClF2N9O4S2. The van der Waals surface area contributed by atoms with Crippen LogP contribution in [0.25, 0.3) is 32.2 Å². The van der Waals surface area contributed by atoms with E-state index in [2.05, 4.69) is 47.5 Å². The number of thiophene rings is 1. The van der Waals surface area contributed by atoms with Gasteiger partial charge in [0.25, 0.3) is 27.4 Å². The van der Waals surface area contributed by atoms with Crippen LogP contribution in [0.4, 0.5) is 14.6 Å². The zero-order valence-corrected chi connectivity index (χ0v) is 34.0. The number of alkyl halides is 2. The van der Waals surface area contributed by atoms with Crippen LogP contribution in [0.3, 0.4) is 0 Å². The predicted molar refractivity (Wildman–Crippen MR) is 220 cm³/mol. The minimum Gasteiger partial charge on any atom is -0.355 e.